The molecule has 0 aromatic heterocycles. The highest BCUT2D eigenvalue weighted by Crippen LogP contribution is 2.30. The Hall–Kier alpha value is -2.03. The quantitative estimate of drug-likeness (QED) is 0.804. The van der Waals surface area contributed by atoms with Gasteiger partial charge in [-0.3, -0.25) is 0 Å². The highest BCUT2D eigenvalue weighted by atomic mass is 19.1. The highest BCUT2D eigenvalue weighted by molar-refractivity contribution is 5.73. The van der Waals surface area contributed by atoms with Crippen LogP contribution >= 0.6 is 0 Å². The van der Waals surface area contributed by atoms with Gasteiger partial charge in [0.15, 0.2) is 0 Å². The first-order valence-corrected chi connectivity index (χ1v) is 5.32. The summed E-state index contributed by atoms with van der Waals surface area (Å²) in [5.41, 5.74) is 8.52. The molecule has 0 heterocycles. The number of rotatable bonds is 2. The first-order valence-electron chi connectivity index (χ1n) is 5.32. The lowest BCUT2D eigenvalue weighted by atomic mass is 9.99. The maximum atomic E-state index is 13.3. The molecule has 0 spiro atoms. The number of nitrogens with two attached hydrogens (primary N) is 1. The fourth-order valence-corrected chi connectivity index (χ4v) is 1.80. The third kappa shape index (κ3) is 2.09. The first kappa shape index (κ1) is 11.5. The minimum atomic E-state index is -0.380. The molecule has 0 radical (unpaired) electrons. The minimum absolute atomic E-state index is 0.199. The fourth-order valence-electron chi connectivity index (χ4n) is 1.80. The van der Waals surface area contributed by atoms with Crippen LogP contribution < -0.4 is 10.5 Å². The maximum absolute atomic E-state index is 13.3. The van der Waals surface area contributed by atoms with Crippen LogP contribution in [0.5, 0.6) is 5.75 Å². The Balaban J connectivity index is 2.56. The molecule has 0 saturated carbocycles. The number of hydrogen-bond acceptors (Lipinski definition) is 2. The lowest BCUT2D eigenvalue weighted by Crippen LogP contribution is -1.96. The second-order valence-corrected chi connectivity index (χ2v) is 3.87. The van der Waals surface area contributed by atoms with E-state index in [1.54, 1.807) is 13.2 Å². The molecule has 0 fully saturated rings. The number of ether oxygens (including phenoxy) is 1. The van der Waals surface area contributed by atoms with Crippen molar-refractivity contribution >= 4 is 5.69 Å². The molecule has 2 nitrogen and oxygen atoms in total. The number of anilines is 1. The zero-order valence-electron chi connectivity index (χ0n) is 9.83. The Kier molecular flexibility index (Phi) is 3.00. The van der Waals surface area contributed by atoms with Gasteiger partial charge < -0.3 is 10.5 Å². The lowest BCUT2D eigenvalue weighted by molar-refractivity contribution is 0.415. The molecule has 2 aromatic rings. The average Bonchev–Trinajstić information content (AvgIpc) is 2.36. The molecule has 0 saturated heterocycles. The van der Waals surface area contributed by atoms with E-state index >= 15 is 0 Å². The van der Waals surface area contributed by atoms with Gasteiger partial charge in [0.1, 0.15) is 11.6 Å². The number of hydrogen-bond donors (Lipinski definition) is 1. The standard InChI is InChI=1S/C14H14FNO/c1-9-12(6-7-13(15)14(9)16)10-4-3-5-11(8-10)17-2/h3-8H,16H2,1-2H3. The van der Waals surface area contributed by atoms with Gasteiger partial charge in [-0.05, 0) is 41.8 Å². The van der Waals surface area contributed by atoms with Gasteiger partial charge in [0.2, 0.25) is 0 Å². The summed E-state index contributed by atoms with van der Waals surface area (Å²) in [4.78, 5) is 0. The molecular weight excluding hydrogens is 217 g/mol. The molecule has 2 rings (SSSR count). The number of benzene rings is 2. The van der Waals surface area contributed by atoms with E-state index in [1.807, 2.05) is 31.2 Å². The van der Waals surface area contributed by atoms with Crippen LogP contribution in [0.1, 0.15) is 5.56 Å². The number of methoxy groups -OCH3 is 1. The normalized spacial score (nSPS) is 10.3. The molecule has 0 amide bonds. The molecule has 0 aliphatic rings. The van der Waals surface area contributed by atoms with Crippen molar-refractivity contribution in [1.82, 2.24) is 0 Å². The van der Waals surface area contributed by atoms with Crippen LogP contribution in [0.15, 0.2) is 36.4 Å². The van der Waals surface area contributed by atoms with Crippen LogP contribution in [0.2, 0.25) is 0 Å². The van der Waals surface area contributed by atoms with E-state index in [0.717, 1.165) is 22.4 Å². The summed E-state index contributed by atoms with van der Waals surface area (Å²) in [6, 6.07) is 10.7. The van der Waals surface area contributed by atoms with E-state index in [9.17, 15) is 4.39 Å². The topological polar surface area (TPSA) is 35.2 Å². The molecular formula is C14H14FNO. The molecule has 0 aliphatic carbocycles. The third-order valence-corrected chi connectivity index (χ3v) is 2.84. The van der Waals surface area contributed by atoms with E-state index in [0.29, 0.717) is 0 Å². The zero-order valence-corrected chi connectivity index (χ0v) is 9.83. The largest absolute Gasteiger partial charge is 0.497 e. The van der Waals surface area contributed by atoms with Crippen molar-refractivity contribution in [3.63, 3.8) is 0 Å². The van der Waals surface area contributed by atoms with Crippen molar-refractivity contribution in [3.05, 3.63) is 47.8 Å². The third-order valence-electron chi connectivity index (χ3n) is 2.84. The Morgan fingerprint density at radius 1 is 1.18 bits per heavy atom. The van der Waals surface area contributed by atoms with Gasteiger partial charge in [0, 0.05) is 0 Å². The van der Waals surface area contributed by atoms with E-state index < -0.39 is 0 Å². The summed E-state index contributed by atoms with van der Waals surface area (Å²) in [5.74, 6) is 0.388. The number of halogens is 1. The van der Waals surface area contributed by atoms with Crippen molar-refractivity contribution in [3.8, 4) is 16.9 Å². The van der Waals surface area contributed by atoms with E-state index in [4.69, 9.17) is 10.5 Å². The summed E-state index contributed by atoms with van der Waals surface area (Å²) in [5, 5.41) is 0. The Morgan fingerprint density at radius 3 is 2.65 bits per heavy atom. The van der Waals surface area contributed by atoms with Gasteiger partial charge in [-0.2, -0.15) is 0 Å². The second-order valence-electron chi connectivity index (χ2n) is 3.87. The van der Waals surface area contributed by atoms with Gasteiger partial charge in [-0.25, -0.2) is 4.39 Å². The molecule has 17 heavy (non-hydrogen) atoms. The molecule has 0 unspecified atom stereocenters. The molecule has 0 bridgehead atoms. The van der Waals surface area contributed by atoms with Crippen molar-refractivity contribution in [1.29, 1.82) is 0 Å². The van der Waals surface area contributed by atoms with Crippen LogP contribution in [0.4, 0.5) is 10.1 Å². The van der Waals surface area contributed by atoms with Crippen molar-refractivity contribution in [2.75, 3.05) is 12.8 Å². The second kappa shape index (κ2) is 4.45. The molecule has 3 heteroatoms. The first-order chi connectivity index (χ1) is 8.13. The predicted octanol–water partition coefficient (Wildman–Crippen LogP) is 3.39. The van der Waals surface area contributed by atoms with Gasteiger partial charge in [0.05, 0.1) is 12.8 Å². The zero-order chi connectivity index (χ0) is 12.4. The predicted molar refractivity (Wildman–Crippen MR) is 67.5 cm³/mol. The van der Waals surface area contributed by atoms with Gasteiger partial charge in [0.25, 0.3) is 0 Å². The minimum Gasteiger partial charge on any atom is -0.497 e. The average molecular weight is 231 g/mol. The SMILES string of the molecule is COc1cccc(-c2ccc(F)c(N)c2C)c1. The lowest BCUT2D eigenvalue weighted by Gasteiger charge is -2.10. The summed E-state index contributed by atoms with van der Waals surface area (Å²) in [6.07, 6.45) is 0. The Labute approximate surface area is 99.8 Å². The van der Waals surface area contributed by atoms with Crippen LogP contribution in [0.25, 0.3) is 11.1 Å². The van der Waals surface area contributed by atoms with E-state index in [-0.39, 0.29) is 11.5 Å². The molecule has 0 atom stereocenters. The summed E-state index contributed by atoms with van der Waals surface area (Å²) >= 11 is 0. The van der Waals surface area contributed by atoms with Crippen LogP contribution in [0, 0.1) is 12.7 Å². The molecule has 0 aliphatic heterocycles. The van der Waals surface area contributed by atoms with Crippen LogP contribution in [0.3, 0.4) is 0 Å². The Morgan fingerprint density at radius 2 is 1.94 bits per heavy atom. The summed E-state index contributed by atoms with van der Waals surface area (Å²) in [7, 11) is 1.62. The van der Waals surface area contributed by atoms with Gasteiger partial charge >= 0.3 is 0 Å². The molecule has 2 N–H and O–H groups in total. The maximum Gasteiger partial charge on any atom is 0.146 e. The van der Waals surface area contributed by atoms with Crippen LogP contribution in [-0.2, 0) is 0 Å². The van der Waals surface area contributed by atoms with E-state index in [1.165, 1.54) is 6.07 Å². The van der Waals surface area contributed by atoms with Gasteiger partial charge in [-0.1, -0.05) is 18.2 Å². The number of nitrogen functional groups attached to an aromatic ring is 1. The van der Waals surface area contributed by atoms with E-state index in [2.05, 4.69) is 0 Å². The fraction of sp³-hybridized carbons (Fsp3) is 0.143. The van der Waals surface area contributed by atoms with Crippen molar-refractivity contribution in [2.45, 2.75) is 6.92 Å². The Bertz CT molecular complexity index is 552. The molecule has 88 valence electrons. The van der Waals surface area contributed by atoms with Crippen LogP contribution in [-0.4, -0.2) is 7.11 Å². The van der Waals surface area contributed by atoms with Crippen molar-refractivity contribution < 1.29 is 9.13 Å². The summed E-state index contributed by atoms with van der Waals surface area (Å²) < 4.78 is 18.4. The summed E-state index contributed by atoms with van der Waals surface area (Å²) in [6.45, 7) is 1.81. The molecule has 2 aromatic carbocycles. The smallest absolute Gasteiger partial charge is 0.146 e. The van der Waals surface area contributed by atoms with Gasteiger partial charge in [-0.15, -0.1) is 0 Å². The highest BCUT2D eigenvalue weighted by Gasteiger charge is 2.08. The monoisotopic (exact) mass is 231 g/mol. The van der Waals surface area contributed by atoms with Crippen molar-refractivity contribution in [2.24, 2.45) is 0 Å².